The monoisotopic (exact) mass is 320 g/mol. The van der Waals surface area contributed by atoms with Crippen molar-refractivity contribution in [1.82, 2.24) is 9.80 Å². The van der Waals surface area contributed by atoms with Gasteiger partial charge in [0.15, 0.2) is 0 Å². The number of aliphatic hydroxyl groups is 1. The zero-order valence-electron chi connectivity index (χ0n) is 15.1. The molecule has 1 aromatic rings. The van der Waals surface area contributed by atoms with Gasteiger partial charge in [0.25, 0.3) is 0 Å². The van der Waals surface area contributed by atoms with Gasteiger partial charge in [-0.05, 0) is 38.8 Å². The van der Waals surface area contributed by atoms with Crippen LogP contribution >= 0.6 is 0 Å². The average molecular weight is 320 g/mol. The number of rotatable bonds is 7. The van der Waals surface area contributed by atoms with Crippen LogP contribution in [-0.2, 0) is 4.74 Å². The molecule has 1 aliphatic heterocycles. The molecule has 2 rings (SSSR count). The maximum Gasteiger partial charge on any atom is 0.0919 e. The first kappa shape index (κ1) is 18.4. The third-order valence-corrected chi connectivity index (χ3v) is 4.55. The van der Waals surface area contributed by atoms with Gasteiger partial charge in [-0.3, -0.25) is 9.80 Å². The van der Waals surface area contributed by atoms with Gasteiger partial charge < -0.3 is 9.84 Å². The molecule has 23 heavy (non-hydrogen) atoms. The van der Waals surface area contributed by atoms with E-state index in [1.54, 1.807) is 0 Å². The van der Waals surface area contributed by atoms with Crippen LogP contribution in [0.5, 0.6) is 0 Å². The van der Waals surface area contributed by atoms with Crippen molar-refractivity contribution < 1.29 is 9.84 Å². The first-order valence-corrected chi connectivity index (χ1v) is 8.77. The number of nitrogens with zero attached hydrogens (tertiary/aromatic N) is 2. The number of ether oxygens (including phenoxy) is 1. The van der Waals surface area contributed by atoms with E-state index < -0.39 is 6.10 Å². The summed E-state index contributed by atoms with van der Waals surface area (Å²) in [5.74, 6) is 0. The van der Waals surface area contributed by atoms with Gasteiger partial charge >= 0.3 is 0 Å². The van der Waals surface area contributed by atoms with Crippen LogP contribution in [0.3, 0.4) is 0 Å². The first-order valence-electron chi connectivity index (χ1n) is 8.77. The number of hydrogen-bond acceptors (Lipinski definition) is 4. The normalized spacial score (nSPS) is 18.5. The average Bonchev–Trinajstić information content (AvgIpc) is 2.51. The fraction of sp³-hybridized carbons (Fsp3) is 0.684. The number of aliphatic hydroxyl groups excluding tert-OH is 1. The van der Waals surface area contributed by atoms with Crippen LogP contribution < -0.4 is 0 Å². The molecule has 0 radical (unpaired) electrons. The highest BCUT2D eigenvalue weighted by Crippen LogP contribution is 2.20. The molecule has 4 nitrogen and oxygen atoms in total. The largest absolute Gasteiger partial charge is 0.387 e. The molecule has 0 saturated carbocycles. The van der Waals surface area contributed by atoms with E-state index in [-0.39, 0.29) is 0 Å². The highest BCUT2D eigenvalue weighted by Gasteiger charge is 2.20. The van der Waals surface area contributed by atoms with Crippen molar-refractivity contribution >= 4 is 0 Å². The summed E-state index contributed by atoms with van der Waals surface area (Å²) in [6.07, 6.45) is -0.0882. The Bertz CT molecular complexity index is 482. The Kier molecular flexibility index (Phi) is 7.03. The highest BCUT2D eigenvalue weighted by molar-refractivity contribution is 5.32. The van der Waals surface area contributed by atoms with E-state index in [9.17, 15) is 5.11 Å². The Labute approximate surface area is 141 Å². The molecule has 130 valence electrons. The van der Waals surface area contributed by atoms with Crippen molar-refractivity contribution in [3.63, 3.8) is 0 Å². The van der Waals surface area contributed by atoms with Gasteiger partial charge in [-0.15, -0.1) is 0 Å². The minimum absolute atomic E-state index is 0.309. The summed E-state index contributed by atoms with van der Waals surface area (Å²) >= 11 is 0. The molecule has 0 unspecified atom stereocenters. The topological polar surface area (TPSA) is 35.9 Å². The van der Waals surface area contributed by atoms with Crippen molar-refractivity contribution in [2.45, 2.75) is 39.9 Å². The summed E-state index contributed by atoms with van der Waals surface area (Å²) in [7, 11) is 0. The fourth-order valence-electron chi connectivity index (χ4n) is 3.07. The molecular weight excluding hydrogens is 288 g/mol. The van der Waals surface area contributed by atoms with Crippen LogP contribution in [0.4, 0.5) is 0 Å². The molecule has 1 aromatic carbocycles. The van der Waals surface area contributed by atoms with E-state index in [0.717, 1.165) is 51.4 Å². The Morgan fingerprint density at radius 3 is 2.39 bits per heavy atom. The van der Waals surface area contributed by atoms with Gasteiger partial charge in [-0.25, -0.2) is 0 Å². The lowest BCUT2D eigenvalue weighted by Crippen LogP contribution is -2.48. The maximum absolute atomic E-state index is 10.6. The SMILES string of the molecule is Cc1ccc(C)c([C@@H](O)CN2CCN(CCOC(C)C)CC2)c1. The van der Waals surface area contributed by atoms with Gasteiger partial charge in [0.2, 0.25) is 0 Å². The summed E-state index contributed by atoms with van der Waals surface area (Å²) in [4.78, 5) is 4.81. The van der Waals surface area contributed by atoms with Gasteiger partial charge in [0.1, 0.15) is 0 Å². The molecule has 1 heterocycles. The Balaban J connectivity index is 1.76. The van der Waals surface area contributed by atoms with Crippen LogP contribution in [0.25, 0.3) is 0 Å². The second-order valence-corrected chi connectivity index (χ2v) is 6.94. The smallest absolute Gasteiger partial charge is 0.0919 e. The summed E-state index contributed by atoms with van der Waals surface area (Å²) in [6, 6.07) is 6.31. The van der Waals surface area contributed by atoms with Crippen molar-refractivity contribution in [1.29, 1.82) is 0 Å². The highest BCUT2D eigenvalue weighted by atomic mass is 16.5. The first-order chi connectivity index (χ1) is 11.0. The Morgan fingerprint density at radius 1 is 1.09 bits per heavy atom. The molecule has 0 amide bonds. The van der Waals surface area contributed by atoms with Gasteiger partial charge in [0, 0.05) is 39.3 Å². The zero-order chi connectivity index (χ0) is 16.8. The fourth-order valence-corrected chi connectivity index (χ4v) is 3.07. The predicted molar refractivity (Wildman–Crippen MR) is 94.8 cm³/mol. The molecule has 1 fully saturated rings. The van der Waals surface area contributed by atoms with Crippen LogP contribution in [0.2, 0.25) is 0 Å². The molecule has 1 aliphatic rings. The number of benzene rings is 1. The molecule has 1 N–H and O–H groups in total. The maximum atomic E-state index is 10.6. The third kappa shape index (κ3) is 5.88. The molecule has 0 aromatic heterocycles. The molecule has 0 spiro atoms. The van der Waals surface area contributed by atoms with Crippen molar-refractivity contribution in [2.24, 2.45) is 0 Å². The minimum Gasteiger partial charge on any atom is -0.387 e. The van der Waals surface area contributed by atoms with E-state index >= 15 is 0 Å². The van der Waals surface area contributed by atoms with E-state index in [2.05, 4.69) is 55.7 Å². The second kappa shape index (κ2) is 8.78. The quantitative estimate of drug-likeness (QED) is 0.837. The molecule has 0 aliphatic carbocycles. The number of β-amino-alcohol motifs (C(OH)–C–C–N with tert-alkyl or cyclic N) is 1. The van der Waals surface area contributed by atoms with Crippen LogP contribution in [0.15, 0.2) is 18.2 Å². The minimum atomic E-state index is -0.397. The van der Waals surface area contributed by atoms with E-state index in [1.807, 2.05) is 0 Å². The number of piperazine rings is 1. The molecule has 4 heteroatoms. The van der Waals surface area contributed by atoms with Crippen molar-refractivity contribution in [2.75, 3.05) is 45.9 Å². The van der Waals surface area contributed by atoms with Crippen molar-refractivity contribution in [3.05, 3.63) is 34.9 Å². The lowest BCUT2D eigenvalue weighted by molar-refractivity contribution is 0.0347. The lowest BCUT2D eigenvalue weighted by Gasteiger charge is -2.35. The van der Waals surface area contributed by atoms with E-state index in [1.165, 1.54) is 11.1 Å². The van der Waals surface area contributed by atoms with Crippen LogP contribution in [-0.4, -0.2) is 66.9 Å². The lowest BCUT2D eigenvalue weighted by atomic mass is 10.0. The summed E-state index contributed by atoms with van der Waals surface area (Å²) < 4.78 is 5.62. The Hall–Kier alpha value is -0.940. The Morgan fingerprint density at radius 2 is 1.74 bits per heavy atom. The molecular formula is C19H32N2O2. The summed E-state index contributed by atoms with van der Waals surface area (Å²) in [6.45, 7) is 15.0. The van der Waals surface area contributed by atoms with Gasteiger partial charge in [-0.2, -0.15) is 0 Å². The van der Waals surface area contributed by atoms with Crippen LogP contribution in [0, 0.1) is 13.8 Å². The van der Waals surface area contributed by atoms with Gasteiger partial charge in [-0.1, -0.05) is 23.8 Å². The zero-order valence-corrected chi connectivity index (χ0v) is 15.1. The molecule has 0 bridgehead atoms. The van der Waals surface area contributed by atoms with Crippen molar-refractivity contribution in [3.8, 4) is 0 Å². The summed E-state index contributed by atoms with van der Waals surface area (Å²) in [5.41, 5.74) is 3.45. The predicted octanol–water partition coefficient (Wildman–Crippen LogP) is 2.38. The van der Waals surface area contributed by atoms with E-state index in [0.29, 0.717) is 6.10 Å². The van der Waals surface area contributed by atoms with Gasteiger partial charge in [0.05, 0.1) is 18.8 Å². The number of aryl methyl sites for hydroxylation is 2. The molecule has 1 atom stereocenters. The second-order valence-electron chi connectivity index (χ2n) is 6.94. The standard InChI is InChI=1S/C19H32N2O2/c1-15(2)23-12-11-20-7-9-21(10-8-20)14-19(22)18-13-16(3)5-6-17(18)4/h5-6,13,15,19,22H,7-12,14H2,1-4H3/t19-/m0/s1. The van der Waals surface area contributed by atoms with E-state index in [4.69, 9.17) is 4.74 Å². The number of hydrogen-bond donors (Lipinski definition) is 1. The molecule has 1 saturated heterocycles. The van der Waals surface area contributed by atoms with Crippen LogP contribution in [0.1, 0.15) is 36.6 Å². The summed E-state index contributed by atoms with van der Waals surface area (Å²) in [5, 5.41) is 10.6. The third-order valence-electron chi connectivity index (χ3n) is 4.55.